The standard InChI is InChI=1S/C17H15NO4S2/c1-10-12(8-11-4-2-3-5-13(11)22-10)9-14-16(21)18(17(23)24-14)7-6-15(19)20/h2-5,8-10H,6-7H2,1H3,(H,19,20)/p-1/b14-9-/t10-/m1/s1. The van der Waals surface area contributed by atoms with Crippen LogP contribution in [0, 0.1) is 0 Å². The van der Waals surface area contributed by atoms with Crippen molar-refractivity contribution in [3.05, 3.63) is 46.4 Å². The molecule has 1 atom stereocenters. The molecule has 2 aliphatic heterocycles. The van der Waals surface area contributed by atoms with Crippen molar-refractivity contribution in [2.75, 3.05) is 6.54 Å². The third kappa shape index (κ3) is 3.37. The predicted octanol–water partition coefficient (Wildman–Crippen LogP) is 1.74. The maximum atomic E-state index is 12.4. The van der Waals surface area contributed by atoms with Gasteiger partial charge in [-0.25, -0.2) is 0 Å². The van der Waals surface area contributed by atoms with E-state index in [0.717, 1.165) is 16.9 Å². The Morgan fingerprint density at radius 2 is 2.21 bits per heavy atom. The summed E-state index contributed by atoms with van der Waals surface area (Å²) >= 11 is 6.34. The fourth-order valence-electron chi connectivity index (χ4n) is 2.47. The van der Waals surface area contributed by atoms with Crippen LogP contribution >= 0.6 is 24.0 Å². The lowest BCUT2D eigenvalue weighted by Gasteiger charge is -2.23. The quantitative estimate of drug-likeness (QED) is 0.602. The van der Waals surface area contributed by atoms with Gasteiger partial charge in [-0.2, -0.15) is 0 Å². The number of thioether (sulfide) groups is 1. The molecule has 1 aromatic carbocycles. The van der Waals surface area contributed by atoms with Crippen LogP contribution < -0.4 is 9.84 Å². The average Bonchev–Trinajstić information content (AvgIpc) is 2.80. The van der Waals surface area contributed by atoms with Crippen molar-refractivity contribution in [3.63, 3.8) is 0 Å². The van der Waals surface area contributed by atoms with Crippen molar-refractivity contribution in [2.45, 2.75) is 19.4 Å². The molecule has 2 heterocycles. The zero-order valence-electron chi connectivity index (χ0n) is 12.9. The van der Waals surface area contributed by atoms with Crippen LogP contribution in [0.15, 0.2) is 40.8 Å². The number of nitrogens with zero attached hydrogens (tertiary/aromatic N) is 1. The van der Waals surface area contributed by atoms with Gasteiger partial charge in [0.05, 0.1) is 4.91 Å². The van der Waals surface area contributed by atoms with Crippen molar-refractivity contribution >= 4 is 46.3 Å². The number of ether oxygens (including phenoxy) is 1. The minimum Gasteiger partial charge on any atom is -0.550 e. The monoisotopic (exact) mass is 360 g/mol. The van der Waals surface area contributed by atoms with E-state index in [1.807, 2.05) is 37.3 Å². The van der Waals surface area contributed by atoms with E-state index in [1.54, 1.807) is 6.08 Å². The summed E-state index contributed by atoms with van der Waals surface area (Å²) < 4.78 is 6.22. The molecule has 124 valence electrons. The molecule has 1 fully saturated rings. The minimum absolute atomic E-state index is 0.0261. The molecule has 2 aliphatic rings. The fraction of sp³-hybridized carbons (Fsp3) is 0.235. The van der Waals surface area contributed by atoms with Crippen molar-refractivity contribution in [1.82, 2.24) is 4.90 Å². The topological polar surface area (TPSA) is 69.7 Å². The molecule has 3 rings (SSSR count). The number of hydrogen-bond acceptors (Lipinski definition) is 6. The van der Waals surface area contributed by atoms with Gasteiger partial charge in [-0.15, -0.1) is 0 Å². The van der Waals surface area contributed by atoms with Gasteiger partial charge >= 0.3 is 0 Å². The number of fused-ring (bicyclic) bond motifs is 1. The molecule has 0 unspecified atom stereocenters. The van der Waals surface area contributed by atoms with Crippen LogP contribution in [0.1, 0.15) is 18.9 Å². The summed E-state index contributed by atoms with van der Waals surface area (Å²) in [6.45, 7) is 1.94. The highest BCUT2D eigenvalue weighted by molar-refractivity contribution is 8.26. The first-order valence-corrected chi connectivity index (χ1v) is 8.60. The fourth-order valence-corrected chi connectivity index (χ4v) is 3.78. The van der Waals surface area contributed by atoms with E-state index in [2.05, 4.69) is 0 Å². The number of carbonyl (C=O) groups is 2. The molecule has 5 nitrogen and oxygen atoms in total. The lowest BCUT2D eigenvalue weighted by Crippen LogP contribution is -2.33. The minimum atomic E-state index is -1.21. The van der Waals surface area contributed by atoms with Gasteiger partial charge in [-0.3, -0.25) is 9.69 Å². The lowest BCUT2D eigenvalue weighted by molar-refractivity contribution is -0.305. The summed E-state index contributed by atoms with van der Waals surface area (Å²) in [5.41, 5.74) is 1.82. The summed E-state index contributed by atoms with van der Waals surface area (Å²) in [5, 5.41) is 10.6. The first kappa shape index (κ1) is 16.7. The molecule has 7 heteroatoms. The van der Waals surface area contributed by atoms with Gasteiger partial charge in [0.2, 0.25) is 0 Å². The Bertz CT molecular complexity index is 785. The highest BCUT2D eigenvalue weighted by Gasteiger charge is 2.32. The van der Waals surface area contributed by atoms with E-state index < -0.39 is 5.97 Å². The molecule has 1 saturated heterocycles. The predicted molar refractivity (Wildman–Crippen MR) is 94.1 cm³/mol. The molecule has 0 spiro atoms. The third-order valence-electron chi connectivity index (χ3n) is 3.73. The average molecular weight is 360 g/mol. The number of carboxylic acids is 1. The van der Waals surface area contributed by atoms with Crippen LogP contribution in [0.3, 0.4) is 0 Å². The van der Waals surface area contributed by atoms with Crippen LogP contribution in [-0.2, 0) is 9.59 Å². The van der Waals surface area contributed by atoms with Gasteiger partial charge in [-0.1, -0.05) is 42.2 Å². The van der Waals surface area contributed by atoms with Crippen LogP contribution in [0.5, 0.6) is 5.75 Å². The smallest absolute Gasteiger partial charge is 0.266 e. The number of aliphatic carboxylic acids is 1. The Labute approximate surface area is 149 Å². The number of thiocarbonyl (C=S) groups is 1. The summed E-state index contributed by atoms with van der Waals surface area (Å²) in [7, 11) is 0. The second-order valence-corrected chi connectivity index (χ2v) is 7.07. The van der Waals surface area contributed by atoms with Gasteiger partial charge in [-0.05, 0) is 30.7 Å². The molecular weight excluding hydrogens is 346 g/mol. The van der Waals surface area contributed by atoms with E-state index in [4.69, 9.17) is 17.0 Å². The van der Waals surface area contributed by atoms with Crippen LogP contribution in [-0.4, -0.2) is 33.7 Å². The van der Waals surface area contributed by atoms with Gasteiger partial charge in [0.25, 0.3) is 5.91 Å². The Kier molecular flexibility index (Phi) is 4.73. The number of rotatable bonds is 4. The Morgan fingerprint density at radius 1 is 1.46 bits per heavy atom. The Morgan fingerprint density at radius 3 is 2.96 bits per heavy atom. The summed E-state index contributed by atoms with van der Waals surface area (Å²) in [4.78, 5) is 24.8. The SMILES string of the molecule is C[C@H]1Oc2ccccc2C=C1/C=C1\SC(=S)N(CCC(=O)[O-])C1=O. The molecule has 0 bridgehead atoms. The van der Waals surface area contributed by atoms with Crippen molar-refractivity contribution in [2.24, 2.45) is 0 Å². The Balaban J connectivity index is 1.84. The van der Waals surface area contributed by atoms with Crippen LogP contribution in [0.2, 0.25) is 0 Å². The number of carboxylic acid groups (broad SMARTS) is 1. The van der Waals surface area contributed by atoms with E-state index in [9.17, 15) is 14.7 Å². The molecule has 0 aliphatic carbocycles. The largest absolute Gasteiger partial charge is 0.550 e. The van der Waals surface area contributed by atoms with E-state index in [0.29, 0.717) is 9.23 Å². The van der Waals surface area contributed by atoms with E-state index in [-0.39, 0.29) is 25.0 Å². The highest BCUT2D eigenvalue weighted by Crippen LogP contribution is 2.35. The molecule has 0 N–H and O–H groups in total. The molecule has 24 heavy (non-hydrogen) atoms. The summed E-state index contributed by atoms with van der Waals surface area (Å²) in [6.07, 6.45) is 3.32. The van der Waals surface area contributed by atoms with Crippen molar-refractivity contribution < 1.29 is 19.4 Å². The Hall–Kier alpha value is -2.12. The normalized spacial score (nSPS) is 21.5. The zero-order chi connectivity index (χ0) is 17.3. The highest BCUT2D eigenvalue weighted by atomic mass is 32.2. The molecular formula is C17H14NO4S2-. The second kappa shape index (κ2) is 6.78. The third-order valence-corrected chi connectivity index (χ3v) is 5.10. The first-order valence-electron chi connectivity index (χ1n) is 7.38. The molecule has 1 aromatic rings. The zero-order valence-corrected chi connectivity index (χ0v) is 14.5. The number of benzene rings is 1. The van der Waals surface area contributed by atoms with Gasteiger partial charge in [0.15, 0.2) is 0 Å². The molecule has 0 saturated carbocycles. The molecule has 0 aromatic heterocycles. The number of amides is 1. The number of hydrogen-bond donors (Lipinski definition) is 0. The van der Waals surface area contributed by atoms with Gasteiger partial charge in [0, 0.05) is 24.5 Å². The maximum Gasteiger partial charge on any atom is 0.266 e. The van der Waals surface area contributed by atoms with E-state index >= 15 is 0 Å². The van der Waals surface area contributed by atoms with Crippen molar-refractivity contribution in [3.8, 4) is 5.75 Å². The van der Waals surface area contributed by atoms with Gasteiger partial charge < -0.3 is 14.6 Å². The summed E-state index contributed by atoms with van der Waals surface area (Å²) in [5.74, 6) is -0.677. The van der Waals surface area contributed by atoms with Crippen LogP contribution in [0.4, 0.5) is 0 Å². The molecule has 0 radical (unpaired) electrons. The maximum absolute atomic E-state index is 12.4. The first-order chi connectivity index (χ1) is 11.5. The van der Waals surface area contributed by atoms with Crippen molar-refractivity contribution in [1.29, 1.82) is 0 Å². The second-order valence-electron chi connectivity index (χ2n) is 5.40. The molecule has 1 amide bonds. The lowest BCUT2D eigenvalue weighted by atomic mass is 10.0. The van der Waals surface area contributed by atoms with Crippen LogP contribution in [0.25, 0.3) is 6.08 Å². The number of para-hydroxylation sites is 1. The summed E-state index contributed by atoms with van der Waals surface area (Å²) in [6, 6.07) is 7.68. The van der Waals surface area contributed by atoms with Gasteiger partial charge in [0.1, 0.15) is 16.2 Å². The number of carbonyl (C=O) groups excluding carboxylic acids is 2. The van der Waals surface area contributed by atoms with E-state index in [1.165, 1.54) is 16.7 Å².